The Kier molecular flexibility index (Phi) is 4.90. The van der Waals surface area contributed by atoms with Crippen LogP contribution in [0.15, 0.2) is 42.6 Å². The SMILES string of the molecule is CCc1ccc(N(C)Cc2ccc(C(=O)NN)cn2)cc1. The van der Waals surface area contributed by atoms with Crippen molar-refractivity contribution in [2.24, 2.45) is 5.84 Å². The fraction of sp³-hybridized carbons (Fsp3) is 0.250. The number of hydrogen-bond acceptors (Lipinski definition) is 4. The second kappa shape index (κ2) is 6.85. The molecule has 1 amide bonds. The minimum atomic E-state index is -0.336. The smallest absolute Gasteiger partial charge is 0.266 e. The molecule has 3 N–H and O–H groups in total. The largest absolute Gasteiger partial charge is 0.369 e. The summed E-state index contributed by atoms with van der Waals surface area (Å²) in [5, 5.41) is 0. The lowest BCUT2D eigenvalue weighted by Gasteiger charge is -2.19. The molecule has 2 aromatic rings. The summed E-state index contributed by atoms with van der Waals surface area (Å²) in [4.78, 5) is 17.7. The molecule has 0 aliphatic heterocycles. The number of nitrogens with one attached hydrogen (secondary N) is 1. The number of aromatic nitrogens is 1. The van der Waals surface area contributed by atoms with Gasteiger partial charge in [0.15, 0.2) is 0 Å². The Morgan fingerprint density at radius 2 is 1.95 bits per heavy atom. The van der Waals surface area contributed by atoms with Crippen LogP contribution in [0.1, 0.15) is 28.5 Å². The van der Waals surface area contributed by atoms with Gasteiger partial charge in [-0.2, -0.15) is 0 Å². The van der Waals surface area contributed by atoms with Gasteiger partial charge in [0.1, 0.15) is 0 Å². The average Bonchev–Trinajstić information content (AvgIpc) is 2.55. The van der Waals surface area contributed by atoms with Gasteiger partial charge in [-0.1, -0.05) is 19.1 Å². The van der Waals surface area contributed by atoms with Crippen molar-refractivity contribution < 1.29 is 4.79 Å². The van der Waals surface area contributed by atoms with Gasteiger partial charge in [-0.05, 0) is 36.2 Å². The van der Waals surface area contributed by atoms with E-state index in [0.29, 0.717) is 12.1 Å². The molecule has 0 spiro atoms. The van der Waals surface area contributed by atoms with E-state index >= 15 is 0 Å². The van der Waals surface area contributed by atoms with Gasteiger partial charge < -0.3 is 4.90 Å². The highest BCUT2D eigenvalue weighted by atomic mass is 16.2. The monoisotopic (exact) mass is 284 g/mol. The molecule has 0 fully saturated rings. The van der Waals surface area contributed by atoms with E-state index in [1.54, 1.807) is 6.07 Å². The average molecular weight is 284 g/mol. The molecule has 0 unspecified atom stereocenters. The third kappa shape index (κ3) is 3.79. The van der Waals surface area contributed by atoms with E-state index < -0.39 is 0 Å². The molecule has 110 valence electrons. The Bertz CT molecular complexity index is 593. The summed E-state index contributed by atoms with van der Waals surface area (Å²) in [7, 11) is 2.02. The van der Waals surface area contributed by atoms with Gasteiger partial charge in [0.2, 0.25) is 0 Å². The van der Waals surface area contributed by atoms with Gasteiger partial charge in [0.25, 0.3) is 5.91 Å². The number of nitrogens with zero attached hydrogens (tertiary/aromatic N) is 2. The van der Waals surface area contributed by atoms with Crippen molar-refractivity contribution in [2.75, 3.05) is 11.9 Å². The van der Waals surface area contributed by atoms with Crippen molar-refractivity contribution in [1.82, 2.24) is 10.4 Å². The molecule has 0 aliphatic carbocycles. The van der Waals surface area contributed by atoms with Crippen LogP contribution >= 0.6 is 0 Å². The summed E-state index contributed by atoms with van der Waals surface area (Å²) >= 11 is 0. The predicted molar refractivity (Wildman–Crippen MR) is 83.8 cm³/mol. The predicted octanol–water partition coefficient (Wildman–Crippen LogP) is 1.88. The topological polar surface area (TPSA) is 71.2 Å². The molecule has 5 heteroatoms. The van der Waals surface area contributed by atoms with Crippen LogP contribution in [0.3, 0.4) is 0 Å². The Labute approximate surface area is 124 Å². The van der Waals surface area contributed by atoms with Crippen LogP contribution < -0.4 is 16.2 Å². The number of hydrogen-bond donors (Lipinski definition) is 2. The van der Waals surface area contributed by atoms with Crippen molar-refractivity contribution in [1.29, 1.82) is 0 Å². The first kappa shape index (κ1) is 15.0. The Balaban J connectivity index is 2.04. The summed E-state index contributed by atoms with van der Waals surface area (Å²) < 4.78 is 0. The normalized spacial score (nSPS) is 10.2. The van der Waals surface area contributed by atoms with Gasteiger partial charge in [0, 0.05) is 18.9 Å². The van der Waals surface area contributed by atoms with Crippen LogP contribution in [0.4, 0.5) is 5.69 Å². The molecule has 5 nitrogen and oxygen atoms in total. The van der Waals surface area contributed by atoms with Crippen molar-refractivity contribution in [3.63, 3.8) is 0 Å². The summed E-state index contributed by atoms with van der Waals surface area (Å²) in [5.74, 6) is 4.75. The molecule has 0 saturated heterocycles. The lowest BCUT2D eigenvalue weighted by Crippen LogP contribution is -2.30. The van der Waals surface area contributed by atoms with Crippen molar-refractivity contribution >= 4 is 11.6 Å². The number of carbonyl (C=O) groups is 1. The van der Waals surface area contributed by atoms with Crippen LogP contribution in [-0.4, -0.2) is 17.9 Å². The molecule has 0 atom stereocenters. The molecule has 0 saturated carbocycles. The fourth-order valence-corrected chi connectivity index (χ4v) is 2.06. The zero-order chi connectivity index (χ0) is 15.2. The maximum atomic E-state index is 11.3. The van der Waals surface area contributed by atoms with E-state index in [0.717, 1.165) is 17.8 Å². The highest BCUT2D eigenvalue weighted by Gasteiger charge is 2.06. The van der Waals surface area contributed by atoms with Crippen LogP contribution in [0.5, 0.6) is 0 Å². The van der Waals surface area contributed by atoms with Crippen LogP contribution in [0.25, 0.3) is 0 Å². The molecule has 1 aromatic heterocycles. The second-order valence-electron chi connectivity index (χ2n) is 4.89. The molecule has 0 radical (unpaired) electrons. The van der Waals surface area contributed by atoms with Gasteiger partial charge in [0.05, 0.1) is 17.8 Å². The first-order valence-electron chi connectivity index (χ1n) is 6.90. The number of nitrogens with two attached hydrogens (primary N) is 1. The van der Waals surface area contributed by atoms with Crippen LogP contribution in [0, 0.1) is 0 Å². The first-order chi connectivity index (χ1) is 10.1. The van der Waals surface area contributed by atoms with E-state index in [4.69, 9.17) is 5.84 Å². The molecule has 2 rings (SSSR count). The van der Waals surface area contributed by atoms with Crippen LogP contribution in [0.2, 0.25) is 0 Å². The number of aryl methyl sites for hydroxylation is 1. The summed E-state index contributed by atoms with van der Waals surface area (Å²) in [6.45, 7) is 2.82. The molecular weight excluding hydrogens is 264 g/mol. The number of benzene rings is 1. The number of pyridine rings is 1. The zero-order valence-corrected chi connectivity index (χ0v) is 12.3. The van der Waals surface area contributed by atoms with E-state index in [1.807, 2.05) is 13.1 Å². The summed E-state index contributed by atoms with van der Waals surface area (Å²) in [5.41, 5.74) is 5.90. The number of amides is 1. The van der Waals surface area contributed by atoms with Crippen molar-refractivity contribution in [2.45, 2.75) is 19.9 Å². The second-order valence-corrected chi connectivity index (χ2v) is 4.89. The van der Waals surface area contributed by atoms with E-state index in [9.17, 15) is 4.79 Å². The quantitative estimate of drug-likeness (QED) is 0.499. The lowest BCUT2D eigenvalue weighted by molar-refractivity contribution is 0.0953. The Hall–Kier alpha value is -2.40. The standard InChI is InChI=1S/C16H20N4O/c1-3-12-4-8-15(9-5-12)20(2)11-14-7-6-13(10-18-14)16(21)19-17/h4-10H,3,11,17H2,1-2H3,(H,19,21). The van der Waals surface area contributed by atoms with Crippen molar-refractivity contribution in [3.8, 4) is 0 Å². The number of hydrazine groups is 1. The molecule has 1 heterocycles. The van der Waals surface area contributed by atoms with Crippen molar-refractivity contribution in [3.05, 3.63) is 59.4 Å². The lowest BCUT2D eigenvalue weighted by atomic mass is 10.1. The van der Waals surface area contributed by atoms with E-state index in [1.165, 1.54) is 11.8 Å². The fourth-order valence-electron chi connectivity index (χ4n) is 2.06. The number of carbonyl (C=O) groups excluding carboxylic acids is 1. The summed E-state index contributed by atoms with van der Waals surface area (Å²) in [6, 6.07) is 12.0. The maximum absolute atomic E-state index is 11.3. The van der Waals surface area contributed by atoms with Gasteiger partial charge >= 0.3 is 0 Å². The number of rotatable bonds is 5. The zero-order valence-electron chi connectivity index (χ0n) is 12.3. The Morgan fingerprint density at radius 3 is 2.48 bits per heavy atom. The minimum absolute atomic E-state index is 0.336. The molecular formula is C16H20N4O. The molecule has 21 heavy (non-hydrogen) atoms. The first-order valence-corrected chi connectivity index (χ1v) is 6.90. The third-order valence-electron chi connectivity index (χ3n) is 3.40. The van der Waals surface area contributed by atoms with E-state index in [2.05, 4.69) is 46.5 Å². The van der Waals surface area contributed by atoms with Gasteiger partial charge in [-0.3, -0.25) is 15.2 Å². The van der Waals surface area contributed by atoms with E-state index in [-0.39, 0.29) is 5.91 Å². The third-order valence-corrected chi connectivity index (χ3v) is 3.40. The number of anilines is 1. The minimum Gasteiger partial charge on any atom is -0.369 e. The highest BCUT2D eigenvalue weighted by molar-refractivity contribution is 5.93. The number of nitrogen functional groups attached to an aromatic ring is 1. The van der Waals surface area contributed by atoms with Crippen LogP contribution in [-0.2, 0) is 13.0 Å². The van der Waals surface area contributed by atoms with Gasteiger partial charge in [-0.25, -0.2) is 5.84 Å². The molecule has 0 bridgehead atoms. The maximum Gasteiger partial charge on any atom is 0.266 e. The Morgan fingerprint density at radius 1 is 1.24 bits per heavy atom. The van der Waals surface area contributed by atoms with Gasteiger partial charge in [-0.15, -0.1) is 0 Å². The summed E-state index contributed by atoms with van der Waals surface area (Å²) in [6.07, 6.45) is 2.57. The highest BCUT2D eigenvalue weighted by Crippen LogP contribution is 2.16. The molecule has 1 aromatic carbocycles. The molecule has 0 aliphatic rings.